The van der Waals surface area contributed by atoms with E-state index in [1.165, 1.54) is 0 Å². The molecule has 1 amide bonds. The van der Waals surface area contributed by atoms with Crippen molar-refractivity contribution < 1.29 is 4.79 Å². The lowest BCUT2D eigenvalue weighted by atomic mass is 9.99. The van der Waals surface area contributed by atoms with E-state index in [1.807, 2.05) is 24.3 Å². The monoisotopic (exact) mass is 252 g/mol. The van der Waals surface area contributed by atoms with Crippen molar-refractivity contribution in [3.05, 3.63) is 34.9 Å². The first-order valence-electron chi connectivity index (χ1n) is 5.96. The van der Waals surface area contributed by atoms with Crippen LogP contribution in [0, 0.1) is 5.92 Å². The molecule has 1 aliphatic rings. The van der Waals surface area contributed by atoms with Crippen LogP contribution in [0.15, 0.2) is 24.3 Å². The normalized spacial score (nSPS) is 15.4. The molecule has 1 aromatic rings. The van der Waals surface area contributed by atoms with Crippen LogP contribution >= 0.6 is 11.6 Å². The Morgan fingerprint density at radius 3 is 2.94 bits per heavy atom. The third-order valence-corrected chi connectivity index (χ3v) is 3.20. The predicted octanol–water partition coefficient (Wildman–Crippen LogP) is 1.61. The Hall–Kier alpha value is -1.06. The molecule has 1 heterocycles. The maximum absolute atomic E-state index is 11.5. The fraction of sp³-hybridized carbons (Fsp3) is 0.462. The molecule has 0 unspecified atom stereocenters. The van der Waals surface area contributed by atoms with E-state index in [0.717, 1.165) is 30.1 Å². The lowest BCUT2D eigenvalue weighted by Gasteiger charge is -2.26. The average Bonchev–Trinajstić information content (AvgIpc) is 2.24. The number of carbonyl (C=O) groups excluding carboxylic acids is 1. The first-order valence-corrected chi connectivity index (χ1v) is 6.33. The van der Waals surface area contributed by atoms with E-state index in [2.05, 4.69) is 10.6 Å². The molecule has 2 rings (SSSR count). The topological polar surface area (TPSA) is 41.1 Å². The number of nitrogens with one attached hydrogen (secondary N) is 2. The highest BCUT2D eigenvalue weighted by molar-refractivity contribution is 6.30. The van der Waals surface area contributed by atoms with Crippen LogP contribution in [0.5, 0.6) is 0 Å². The molecule has 2 N–H and O–H groups in total. The molecule has 0 spiro atoms. The van der Waals surface area contributed by atoms with Gasteiger partial charge in [0.05, 0.1) is 0 Å². The number of amides is 1. The van der Waals surface area contributed by atoms with Crippen LogP contribution in [0.1, 0.15) is 12.0 Å². The van der Waals surface area contributed by atoms with E-state index in [1.54, 1.807) is 0 Å². The molecule has 92 valence electrons. The van der Waals surface area contributed by atoms with Crippen LogP contribution in [-0.2, 0) is 11.2 Å². The van der Waals surface area contributed by atoms with E-state index < -0.39 is 0 Å². The van der Waals surface area contributed by atoms with Gasteiger partial charge in [0.25, 0.3) is 0 Å². The zero-order valence-corrected chi connectivity index (χ0v) is 10.5. The number of hydrogen-bond donors (Lipinski definition) is 2. The summed E-state index contributed by atoms with van der Waals surface area (Å²) in [5.41, 5.74) is 1.16. The Labute approximate surface area is 107 Å². The van der Waals surface area contributed by atoms with Crippen LogP contribution < -0.4 is 10.6 Å². The number of halogens is 1. The van der Waals surface area contributed by atoms with Crippen LogP contribution in [0.2, 0.25) is 5.02 Å². The highest BCUT2D eigenvalue weighted by Gasteiger charge is 2.19. The molecule has 4 heteroatoms. The molecule has 0 saturated carbocycles. The van der Waals surface area contributed by atoms with Crippen molar-refractivity contribution in [2.45, 2.75) is 12.8 Å². The molecule has 0 radical (unpaired) electrons. The van der Waals surface area contributed by atoms with Crippen molar-refractivity contribution in [3.8, 4) is 0 Å². The van der Waals surface area contributed by atoms with E-state index >= 15 is 0 Å². The Morgan fingerprint density at radius 2 is 2.29 bits per heavy atom. The van der Waals surface area contributed by atoms with Gasteiger partial charge in [-0.3, -0.25) is 4.79 Å². The SMILES string of the molecule is O=C(CC1CNC1)NCCc1cccc(Cl)c1. The van der Waals surface area contributed by atoms with Crippen LogP contribution in [-0.4, -0.2) is 25.5 Å². The quantitative estimate of drug-likeness (QED) is 0.836. The maximum Gasteiger partial charge on any atom is 0.220 e. The molecule has 17 heavy (non-hydrogen) atoms. The van der Waals surface area contributed by atoms with Crippen molar-refractivity contribution in [2.24, 2.45) is 5.92 Å². The predicted molar refractivity (Wildman–Crippen MR) is 69.1 cm³/mol. The molecule has 3 nitrogen and oxygen atoms in total. The number of hydrogen-bond acceptors (Lipinski definition) is 2. The van der Waals surface area contributed by atoms with Gasteiger partial charge in [-0.2, -0.15) is 0 Å². The van der Waals surface area contributed by atoms with Gasteiger partial charge in [-0.25, -0.2) is 0 Å². The van der Waals surface area contributed by atoms with E-state index in [4.69, 9.17) is 11.6 Å². The first kappa shape index (κ1) is 12.4. The van der Waals surface area contributed by atoms with Gasteiger partial charge >= 0.3 is 0 Å². The minimum Gasteiger partial charge on any atom is -0.356 e. The van der Waals surface area contributed by atoms with E-state index in [-0.39, 0.29) is 5.91 Å². The molecule has 0 bridgehead atoms. The number of benzene rings is 1. The van der Waals surface area contributed by atoms with Crippen LogP contribution in [0.4, 0.5) is 0 Å². The van der Waals surface area contributed by atoms with Crippen molar-refractivity contribution in [3.63, 3.8) is 0 Å². The second-order valence-electron chi connectivity index (χ2n) is 4.46. The molecule has 0 atom stereocenters. The Morgan fingerprint density at radius 1 is 1.47 bits per heavy atom. The summed E-state index contributed by atoms with van der Waals surface area (Å²) in [6.07, 6.45) is 1.47. The summed E-state index contributed by atoms with van der Waals surface area (Å²) in [4.78, 5) is 11.5. The fourth-order valence-electron chi connectivity index (χ4n) is 1.87. The summed E-state index contributed by atoms with van der Waals surface area (Å²) in [6.45, 7) is 2.63. The second kappa shape index (κ2) is 6.03. The fourth-order valence-corrected chi connectivity index (χ4v) is 2.08. The van der Waals surface area contributed by atoms with Gasteiger partial charge in [0, 0.05) is 18.0 Å². The Balaban J connectivity index is 1.66. The van der Waals surface area contributed by atoms with Gasteiger partial charge < -0.3 is 10.6 Å². The first-order chi connectivity index (χ1) is 8.24. The highest BCUT2D eigenvalue weighted by atomic mass is 35.5. The number of rotatable bonds is 5. The molecular weight excluding hydrogens is 236 g/mol. The van der Waals surface area contributed by atoms with Gasteiger partial charge in [0.2, 0.25) is 5.91 Å². The summed E-state index contributed by atoms with van der Waals surface area (Å²) in [6, 6.07) is 7.74. The van der Waals surface area contributed by atoms with Gasteiger partial charge in [-0.1, -0.05) is 23.7 Å². The average molecular weight is 253 g/mol. The van der Waals surface area contributed by atoms with Crippen molar-refractivity contribution in [1.82, 2.24) is 10.6 Å². The third-order valence-electron chi connectivity index (χ3n) is 2.96. The zero-order valence-electron chi connectivity index (χ0n) is 9.71. The van der Waals surface area contributed by atoms with Crippen LogP contribution in [0.3, 0.4) is 0 Å². The second-order valence-corrected chi connectivity index (χ2v) is 4.89. The summed E-state index contributed by atoms with van der Waals surface area (Å²) in [5, 5.41) is 6.84. The smallest absolute Gasteiger partial charge is 0.220 e. The minimum atomic E-state index is 0.151. The Kier molecular flexibility index (Phi) is 4.40. The van der Waals surface area contributed by atoms with Crippen molar-refractivity contribution in [1.29, 1.82) is 0 Å². The largest absolute Gasteiger partial charge is 0.356 e. The van der Waals surface area contributed by atoms with Crippen LogP contribution in [0.25, 0.3) is 0 Å². The standard InChI is InChI=1S/C13H17ClN2O/c14-12-3-1-2-10(6-12)4-5-16-13(17)7-11-8-15-9-11/h1-3,6,11,15H,4-5,7-9H2,(H,16,17). The number of carbonyl (C=O) groups is 1. The summed E-state index contributed by atoms with van der Waals surface area (Å²) in [7, 11) is 0. The van der Waals surface area contributed by atoms with Crippen molar-refractivity contribution in [2.75, 3.05) is 19.6 Å². The Bertz CT molecular complexity index is 391. The maximum atomic E-state index is 11.5. The lowest BCUT2D eigenvalue weighted by molar-refractivity contribution is -0.122. The third kappa shape index (κ3) is 4.02. The van der Waals surface area contributed by atoms with E-state index in [0.29, 0.717) is 18.9 Å². The molecule has 1 saturated heterocycles. The minimum absolute atomic E-state index is 0.151. The summed E-state index contributed by atoms with van der Waals surface area (Å²) >= 11 is 5.89. The summed E-state index contributed by atoms with van der Waals surface area (Å²) in [5.74, 6) is 0.680. The molecular formula is C13H17ClN2O. The van der Waals surface area contributed by atoms with E-state index in [9.17, 15) is 4.79 Å². The molecule has 0 aromatic heterocycles. The van der Waals surface area contributed by atoms with Crippen molar-refractivity contribution >= 4 is 17.5 Å². The summed E-state index contributed by atoms with van der Waals surface area (Å²) < 4.78 is 0. The zero-order chi connectivity index (χ0) is 12.1. The molecule has 1 aliphatic heterocycles. The van der Waals surface area contributed by atoms with Gasteiger partial charge in [-0.05, 0) is 43.1 Å². The highest BCUT2D eigenvalue weighted by Crippen LogP contribution is 2.11. The van der Waals surface area contributed by atoms with Gasteiger partial charge in [0.1, 0.15) is 0 Å². The molecule has 1 aromatic carbocycles. The lowest BCUT2D eigenvalue weighted by Crippen LogP contribution is -2.44. The molecule has 1 fully saturated rings. The van der Waals surface area contributed by atoms with Gasteiger partial charge in [-0.15, -0.1) is 0 Å². The molecule has 0 aliphatic carbocycles. The van der Waals surface area contributed by atoms with Gasteiger partial charge in [0.15, 0.2) is 0 Å².